The van der Waals surface area contributed by atoms with E-state index in [-0.39, 0.29) is 17.7 Å². The number of imidazole rings is 1. The van der Waals surface area contributed by atoms with Crippen molar-refractivity contribution in [1.29, 1.82) is 0 Å². The summed E-state index contributed by atoms with van der Waals surface area (Å²) in [6.07, 6.45) is 3.00. The predicted octanol–water partition coefficient (Wildman–Crippen LogP) is 3.03. The average molecular weight is 390 g/mol. The van der Waals surface area contributed by atoms with Gasteiger partial charge in [-0.1, -0.05) is 42.0 Å². The van der Waals surface area contributed by atoms with Crippen molar-refractivity contribution in [2.75, 3.05) is 0 Å². The molecule has 0 spiro atoms. The Morgan fingerprint density at radius 1 is 1.14 bits per heavy atom. The monoisotopic (exact) mass is 390 g/mol. The van der Waals surface area contributed by atoms with E-state index in [0.29, 0.717) is 12.2 Å². The summed E-state index contributed by atoms with van der Waals surface area (Å²) in [5, 5.41) is 0. The second kappa shape index (κ2) is 7.35. The van der Waals surface area contributed by atoms with Crippen molar-refractivity contribution >= 4 is 11.2 Å². The first-order valence-electron chi connectivity index (χ1n) is 9.12. The summed E-state index contributed by atoms with van der Waals surface area (Å²) in [6, 6.07) is 13.6. The second-order valence-electron chi connectivity index (χ2n) is 6.83. The summed E-state index contributed by atoms with van der Waals surface area (Å²) in [5.74, 6) is -0.483. The van der Waals surface area contributed by atoms with Gasteiger partial charge in [0.25, 0.3) is 5.56 Å². The largest absolute Gasteiger partial charge is 0.337 e. The molecule has 0 amide bonds. The van der Waals surface area contributed by atoms with E-state index in [1.54, 1.807) is 10.6 Å². The molecule has 6 nitrogen and oxygen atoms in total. The van der Waals surface area contributed by atoms with Crippen molar-refractivity contribution in [3.8, 4) is 5.69 Å². The molecule has 4 rings (SSSR count). The van der Waals surface area contributed by atoms with Gasteiger partial charge in [-0.3, -0.25) is 9.36 Å². The van der Waals surface area contributed by atoms with Crippen molar-refractivity contribution in [1.82, 2.24) is 18.7 Å². The fourth-order valence-electron chi connectivity index (χ4n) is 3.33. The lowest BCUT2D eigenvalue weighted by Crippen LogP contribution is -2.39. The number of aryl methyl sites for hydroxylation is 1. The molecule has 0 fully saturated rings. The molecule has 0 bridgehead atoms. The third kappa shape index (κ3) is 3.31. The van der Waals surface area contributed by atoms with E-state index >= 15 is 0 Å². The van der Waals surface area contributed by atoms with E-state index in [9.17, 15) is 14.0 Å². The number of fused-ring (bicyclic) bond motifs is 1. The quantitative estimate of drug-likeness (QED) is 0.492. The Morgan fingerprint density at radius 3 is 2.59 bits per heavy atom. The van der Waals surface area contributed by atoms with Gasteiger partial charge in [-0.05, 0) is 30.7 Å². The highest BCUT2D eigenvalue weighted by Gasteiger charge is 2.19. The fourth-order valence-corrected chi connectivity index (χ4v) is 3.33. The highest BCUT2D eigenvalue weighted by atomic mass is 19.1. The molecule has 29 heavy (non-hydrogen) atoms. The summed E-state index contributed by atoms with van der Waals surface area (Å²) in [7, 11) is 0. The van der Waals surface area contributed by atoms with Crippen LogP contribution in [0.2, 0.25) is 0 Å². The topological polar surface area (TPSA) is 61.8 Å². The van der Waals surface area contributed by atoms with Crippen LogP contribution >= 0.6 is 0 Å². The van der Waals surface area contributed by atoms with Crippen LogP contribution < -0.4 is 11.2 Å². The minimum Gasteiger partial charge on any atom is -0.320 e. The third-order valence-electron chi connectivity index (χ3n) is 4.75. The molecule has 0 N–H and O–H groups in total. The first-order chi connectivity index (χ1) is 14.0. The van der Waals surface area contributed by atoms with Crippen molar-refractivity contribution in [2.24, 2.45) is 0 Å². The molecule has 0 aliphatic heterocycles. The van der Waals surface area contributed by atoms with Crippen LogP contribution in [0.15, 0.2) is 77.1 Å². The van der Waals surface area contributed by atoms with Crippen molar-refractivity contribution in [2.45, 2.75) is 20.0 Å². The Hall–Kier alpha value is -3.74. The first kappa shape index (κ1) is 18.6. The van der Waals surface area contributed by atoms with Gasteiger partial charge >= 0.3 is 5.69 Å². The zero-order chi connectivity index (χ0) is 20.5. The number of rotatable bonds is 5. The lowest BCUT2D eigenvalue weighted by atomic mass is 10.1. The fraction of sp³-hybridized carbons (Fsp3) is 0.136. The van der Waals surface area contributed by atoms with Crippen molar-refractivity contribution < 1.29 is 4.39 Å². The number of benzene rings is 2. The minimum atomic E-state index is -0.589. The Labute approximate surface area is 165 Å². The zero-order valence-electron chi connectivity index (χ0n) is 15.9. The van der Waals surface area contributed by atoms with Crippen LogP contribution in [-0.4, -0.2) is 18.7 Å². The lowest BCUT2D eigenvalue weighted by Gasteiger charge is -2.12. The van der Waals surface area contributed by atoms with Gasteiger partial charge < -0.3 is 4.57 Å². The maximum absolute atomic E-state index is 13.8. The van der Waals surface area contributed by atoms with Crippen LogP contribution in [0, 0.1) is 12.7 Å². The summed E-state index contributed by atoms with van der Waals surface area (Å²) in [6.45, 7) is 6.09. The van der Waals surface area contributed by atoms with Gasteiger partial charge in [0.1, 0.15) is 5.82 Å². The molecule has 0 atom stereocenters. The molecule has 0 saturated heterocycles. The van der Waals surface area contributed by atoms with Crippen LogP contribution in [0.4, 0.5) is 4.39 Å². The molecule has 2 heterocycles. The average Bonchev–Trinajstić information content (AvgIpc) is 3.10. The number of hydrogen-bond acceptors (Lipinski definition) is 3. The van der Waals surface area contributed by atoms with E-state index in [0.717, 1.165) is 15.7 Å². The molecular weight excluding hydrogens is 371 g/mol. The van der Waals surface area contributed by atoms with Crippen LogP contribution in [0.5, 0.6) is 0 Å². The Bertz CT molecular complexity index is 1330. The van der Waals surface area contributed by atoms with Crippen LogP contribution in [0.25, 0.3) is 16.9 Å². The van der Waals surface area contributed by atoms with E-state index in [2.05, 4.69) is 11.6 Å². The normalized spacial score (nSPS) is 11.1. The van der Waals surface area contributed by atoms with Crippen molar-refractivity contribution in [3.05, 3.63) is 105 Å². The maximum atomic E-state index is 13.8. The van der Waals surface area contributed by atoms with Gasteiger partial charge in [0, 0.05) is 13.1 Å². The molecule has 2 aromatic heterocycles. The molecular formula is C22H19FN4O2. The van der Waals surface area contributed by atoms with Crippen LogP contribution in [0.3, 0.4) is 0 Å². The summed E-state index contributed by atoms with van der Waals surface area (Å²) < 4.78 is 17.9. The molecule has 0 aliphatic rings. The molecule has 0 unspecified atom stereocenters. The number of hydrogen-bond donors (Lipinski definition) is 0. The van der Waals surface area contributed by atoms with Gasteiger partial charge in [-0.2, -0.15) is 0 Å². The minimum absolute atomic E-state index is 0.0403. The number of nitrogens with zero attached hydrogens (tertiary/aromatic N) is 4. The summed E-state index contributed by atoms with van der Waals surface area (Å²) >= 11 is 0. The highest BCUT2D eigenvalue weighted by molar-refractivity contribution is 5.72. The maximum Gasteiger partial charge on any atom is 0.337 e. The molecule has 0 saturated carbocycles. The van der Waals surface area contributed by atoms with Gasteiger partial charge in [0.15, 0.2) is 11.2 Å². The zero-order valence-corrected chi connectivity index (χ0v) is 15.9. The predicted molar refractivity (Wildman–Crippen MR) is 110 cm³/mol. The Kier molecular flexibility index (Phi) is 4.72. The SMILES string of the molecule is C=CCn1c(=O)c2c(ncn2Cc2ccc(C)cc2)n(-c2cccc(F)c2)c1=O. The number of halogens is 1. The summed E-state index contributed by atoms with van der Waals surface area (Å²) in [5.41, 5.74) is 1.86. The Balaban J connectivity index is 1.99. The van der Waals surface area contributed by atoms with E-state index in [4.69, 9.17) is 0 Å². The number of allylic oxidation sites excluding steroid dienone is 1. The lowest BCUT2D eigenvalue weighted by molar-refractivity contribution is 0.624. The highest BCUT2D eigenvalue weighted by Crippen LogP contribution is 2.16. The second-order valence-corrected chi connectivity index (χ2v) is 6.83. The molecule has 7 heteroatoms. The Morgan fingerprint density at radius 2 is 1.90 bits per heavy atom. The van der Waals surface area contributed by atoms with Crippen molar-refractivity contribution in [3.63, 3.8) is 0 Å². The van der Waals surface area contributed by atoms with Gasteiger partial charge in [-0.15, -0.1) is 6.58 Å². The van der Waals surface area contributed by atoms with Gasteiger partial charge in [0.05, 0.1) is 12.0 Å². The molecule has 0 radical (unpaired) electrons. The standard InChI is InChI=1S/C22H19FN4O2/c1-3-11-26-21(28)19-20(27(22(26)29)18-6-4-5-17(23)12-18)24-14-25(19)13-16-9-7-15(2)8-10-16/h3-10,12,14H,1,11,13H2,2H3. The molecule has 146 valence electrons. The smallest absolute Gasteiger partial charge is 0.320 e. The van der Waals surface area contributed by atoms with Crippen LogP contribution in [-0.2, 0) is 13.1 Å². The number of aromatic nitrogens is 4. The van der Waals surface area contributed by atoms with E-state index in [1.807, 2.05) is 31.2 Å². The molecule has 4 aromatic rings. The van der Waals surface area contributed by atoms with Gasteiger partial charge in [-0.25, -0.2) is 18.7 Å². The summed E-state index contributed by atoms with van der Waals surface area (Å²) in [4.78, 5) is 30.4. The van der Waals surface area contributed by atoms with Gasteiger partial charge in [0.2, 0.25) is 0 Å². The third-order valence-corrected chi connectivity index (χ3v) is 4.75. The molecule has 0 aliphatic carbocycles. The van der Waals surface area contributed by atoms with E-state index < -0.39 is 17.1 Å². The van der Waals surface area contributed by atoms with E-state index in [1.165, 1.54) is 35.2 Å². The first-order valence-corrected chi connectivity index (χ1v) is 9.12. The molecule has 2 aromatic carbocycles. The van der Waals surface area contributed by atoms with Crippen LogP contribution in [0.1, 0.15) is 11.1 Å².